The van der Waals surface area contributed by atoms with Gasteiger partial charge in [-0.25, -0.2) is 9.97 Å². The van der Waals surface area contributed by atoms with Crippen molar-refractivity contribution in [2.45, 2.75) is 38.3 Å². The van der Waals surface area contributed by atoms with Crippen LogP contribution < -0.4 is 4.90 Å². The largest absolute Gasteiger partial charge is 0.386 e. The normalized spacial score (nSPS) is 20.2. The van der Waals surface area contributed by atoms with Gasteiger partial charge in [0.05, 0.1) is 12.1 Å². The van der Waals surface area contributed by atoms with Gasteiger partial charge in [0.1, 0.15) is 18.2 Å². The quantitative estimate of drug-likeness (QED) is 0.844. The van der Waals surface area contributed by atoms with E-state index >= 15 is 0 Å². The van der Waals surface area contributed by atoms with Crippen molar-refractivity contribution in [3.63, 3.8) is 0 Å². The molecule has 2 aromatic rings. The second-order valence-electron chi connectivity index (χ2n) is 7.01. The molecule has 1 amide bonds. The third-order valence-corrected chi connectivity index (χ3v) is 4.91. The number of carbonyl (C=O) groups is 1. The molecule has 0 spiro atoms. The van der Waals surface area contributed by atoms with E-state index in [0.717, 1.165) is 31.0 Å². The standard InChI is InChI=1S/C19H27N5O2/c1-3-16-21-10-12-23(16)13-18(25)22(2)14-19(26)8-6-11-24(15-19)17-7-4-5-9-20-17/h4-5,7,9-10,12,26H,3,6,8,11,13-15H2,1-2H3/t19-/m0/s1. The number of hydrogen-bond acceptors (Lipinski definition) is 5. The Kier molecular flexibility index (Phi) is 5.56. The molecule has 3 rings (SSSR count). The Labute approximate surface area is 154 Å². The van der Waals surface area contributed by atoms with Crippen LogP contribution in [0, 0.1) is 0 Å². The lowest BCUT2D eigenvalue weighted by Gasteiger charge is -2.41. The minimum atomic E-state index is -0.928. The van der Waals surface area contributed by atoms with Crippen LogP contribution in [0.4, 0.5) is 5.82 Å². The molecule has 0 aliphatic carbocycles. The highest BCUT2D eigenvalue weighted by molar-refractivity contribution is 5.75. The molecule has 1 atom stereocenters. The van der Waals surface area contributed by atoms with Crippen molar-refractivity contribution in [3.8, 4) is 0 Å². The number of piperidine rings is 1. The Morgan fingerprint density at radius 3 is 2.92 bits per heavy atom. The minimum Gasteiger partial charge on any atom is -0.386 e. The molecule has 0 unspecified atom stereocenters. The van der Waals surface area contributed by atoms with Crippen LogP contribution in [0.5, 0.6) is 0 Å². The fourth-order valence-corrected chi connectivity index (χ4v) is 3.57. The zero-order chi connectivity index (χ0) is 18.6. The van der Waals surface area contributed by atoms with Crippen molar-refractivity contribution < 1.29 is 9.90 Å². The van der Waals surface area contributed by atoms with Crippen LogP contribution in [0.3, 0.4) is 0 Å². The van der Waals surface area contributed by atoms with E-state index in [1.165, 1.54) is 0 Å². The van der Waals surface area contributed by atoms with Gasteiger partial charge in [-0.05, 0) is 25.0 Å². The fraction of sp³-hybridized carbons (Fsp3) is 0.526. The summed E-state index contributed by atoms with van der Waals surface area (Å²) in [5.41, 5.74) is -0.928. The van der Waals surface area contributed by atoms with Crippen molar-refractivity contribution in [1.29, 1.82) is 0 Å². The van der Waals surface area contributed by atoms with Gasteiger partial charge in [-0.15, -0.1) is 0 Å². The van der Waals surface area contributed by atoms with Crippen LogP contribution >= 0.6 is 0 Å². The number of aryl methyl sites for hydroxylation is 1. The predicted octanol–water partition coefficient (Wildman–Crippen LogP) is 1.33. The predicted molar refractivity (Wildman–Crippen MR) is 99.9 cm³/mol. The summed E-state index contributed by atoms with van der Waals surface area (Å²) < 4.78 is 1.87. The molecule has 0 aromatic carbocycles. The lowest BCUT2D eigenvalue weighted by Crippen LogP contribution is -2.55. The van der Waals surface area contributed by atoms with Crippen LogP contribution in [-0.4, -0.2) is 62.7 Å². The topological polar surface area (TPSA) is 74.5 Å². The summed E-state index contributed by atoms with van der Waals surface area (Å²) in [6, 6.07) is 5.78. The van der Waals surface area contributed by atoms with E-state index in [-0.39, 0.29) is 12.5 Å². The number of β-amino-alcohol motifs (C(OH)–C–C–N with tert-alkyl or cyclic N) is 1. The molecule has 1 aliphatic rings. The Balaban J connectivity index is 1.62. The van der Waals surface area contributed by atoms with E-state index in [9.17, 15) is 9.90 Å². The van der Waals surface area contributed by atoms with Gasteiger partial charge in [0.2, 0.25) is 5.91 Å². The summed E-state index contributed by atoms with van der Waals surface area (Å²) in [6.07, 6.45) is 7.63. The van der Waals surface area contributed by atoms with E-state index in [0.29, 0.717) is 19.5 Å². The third-order valence-electron chi connectivity index (χ3n) is 4.91. The summed E-state index contributed by atoms with van der Waals surface area (Å²) in [7, 11) is 1.75. The second-order valence-corrected chi connectivity index (χ2v) is 7.01. The second kappa shape index (κ2) is 7.86. The number of carbonyl (C=O) groups excluding carboxylic acids is 1. The van der Waals surface area contributed by atoms with Gasteiger partial charge in [-0.1, -0.05) is 13.0 Å². The number of amides is 1. The molecule has 0 saturated carbocycles. The number of anilines is 1. The molecule has 1 fully saturated rings. The van der Waals surface area contributed by atoms with Gasteiger partial charge >= 0.3 is 0 Å². The van der Waals surface area contributed by atoms with Crippen LogP contribution in [0.15, 0.2) is 36.8 Å². The monoisotopic (exact) mass is 357 g/mol. The van der Waals surface area contributed by atoms with E-state index < -0.39 is 5.60 Å². The zero-order valence-electron chi connectivity index (χ0n) is 15.5. The summed E-state index contributed by atoms with van der Waals surface area (Å²) in [6.45, 7) is 3.92. The smallest absolute Gasteiger partial charge is 0.242 e. The zero-order valence-corrected chi connectivity index (χ0v) is 15.5. The lowest BCUT2D eigenvalue weighted by atomic mass is 9.92. The number of pyridine rings is 1. The van der Waals surface area contributed by atoms with Crippen LogP contribution in [0.1, 0.15) is 25.6 Å². The van der Waals surface area contributed by atoms with Crippen molar-refractivity contribution >= 4 is 11.7 Å². The molecule has 0 radical (unpaired) electrons. The highest BCUT2D eigenvalue weighted by atomic mass is 16.3. The van der Waals surface area contributed by atoms with Crippen LogP contribution in [0.2, 0.25) is 0 Å². The van der Waals surface area contributed by atoms with Gasteiger partial charge in [0.25, 0.3) is 0 Å². The molecular weight excluding hydrogens is 330 g/mol. The Hall–Kier alpha value is -2.41. The number of rotatable bonds is 6. The fourth-order valence-electron chi connectivity index (χ4n) is 3.57. The molecule has 7 nitrogen and oxygen atoms in total. The van der Waals surface area contributed by atoms with Gasteiger partial charge < -0.3 is 19.5 Å². The van der Waals surface area contributed by atoms with E-state index in [4.69, 9.17) is 0 Å². The summed E-state index contributed by atoms with van der Waals surface area (Å²) in [5.74, 6) is 1.73. The van der Waals surface area contributed by atoms with E-state index in [1.54, 1.807) is 24.3 Å². The first-order valence-corrected chi connectivity index (χ1v) is 9.13. The van der Waals surface area contributed by atoms with Crippen molar-refractivity contribution in [3.05, 3.63) is 42.6 Å². The number of aromatic nitrogens is 3. The number of likely N-dealkylation sites (N-methyl/N-ethyl adjacent to an activating group) is 1. The first kappa shape index (κ1) is 18.4. The van der Waals surface area contributed by atoms with E-state index in [2.05, 4.69) is 14.9 Å². The van der Waals surface area contributed by atoms with Gasteiger partial charge in [0.15, 0.2) is 0 Å². The SMILES string of the molecule is CCc1nccn1CC(=O)N(C)C[C@@]1(O)CCCN(c2ccccn2)C1. The molecule has 26 heavy (non-hydrogen) atoms. The van der Waals surface area contributed by atoms with Crippen molar-refractivity contribution in [2.24, 2.45) is 0 Å². The van der Waals surface area contributed by atoms with Gasteiger partial charge in [-0.2, -0.15) is 0 Å². The third kappa shape index (κ3) is 4.22. The maximum atomic E-state index is 12.6. The first-order valence-electron chi connectivity index (χ1n) is 9.13. The molecule has 3 heterocycles. The number of hydrogen-bond donors (Lipinski definition) is 1. The average molecular weight is 357 g/mol. The summed E-state index contributed by atoms with van der Waals surface area (Å²) in [4.78, 5) is 24.9. The molecule has 7 heteroatoms. The maximum absolute atomic E-state index is 12.6. The maximum Gasteiger partial charge on any atom is 0.242 e. The van der Waals surface area contributed by atoms with Gasteiger partial charge in [-0.3, -0.25) is 4.79 Å². The molecule has 1 saturated heterocycles. The van der Waals surface area contributed by atoms with Crippen molar-refractivity contribution in [2.75, 3.05) is 31.6 Å². The van der Waals surface area contributed by atoms with Gasteiger partial charge in [0, 0.05) is 45.1 Å². The summed E-state index contributed by atoms with van der Waals surface area (Å²) >= 11 is 0. The van der Waals surface area contributed by atoms with Crippen molar-refractivity contribution in [1.82, 2.24) is 19.4 Å². The van der Waals surface area contributed by atoms with Crippen LogP contribution in [0.25, 0.3) is 0 Å². The number of nitrogens with zero attached hydrogens (tertiary/aromatic N) is 5. The number of aliphatic hydroxyl groups is 1. The number of imidazole rings is 1. The van der Waals surface area contributed by atoms with Crippen LogP contribution in [-0.2, 0) is 17.8 Å². The molecule has 140 valence electrons. The molecular formula is C19H27N5O2. The summed E-state index contributed by atoms with van der Waals surface area (Å²) in [5, 5.41) is 11.1. The first-order chi connectivity index (χ1) is 12.5. The Morgan fingerprint density at radius 2 is 2.19 bits per heavy atom. The average Bonchev–Trinajstić information content (AvgIpc) is 3.09. The minimum absolute atomic E-state index is 0.0268. The molecule has 1 N–H and O–H groups in total. The highest BCUT2D eigenvalue weighted by Crippen LogP contribution is 2.25. The Bertz CT molecular complexity index is 733. The molecule has 2 aromatic heterocycles. The highest BCUT2D eigenvalue weighted by Gasteiger charge is 2.35. The van der Waals surface area contributed by atoms with E-state index in [1.807, 2.05) is 35.9 Å². The lowest BCUT2D eigenvalue weighted by molar-refractivity contribution is -0.134. The Morgan fingerprint density at radius 1 is 1.35 bits per heavy atom. The molecule has 0 bridgehead atoms. The molecule has 1 aliphatic heterocycles.